The molecule has 5 rings (SSSR count). The number of hydrogen-bond acceptors (Lipinski definition) is 5. The van der Waals surface area contributed by atoms with E-state index in [4.69, 9.17) is 0 Å². The first kappa shape index (κ1) is 22.8. The lowest BCUT2D eigenvalue weighted by molar-refractivity contribution is -0.137. The van der Waals surface area contributed by atoms with Gasteiger partial charge >= 0.3 is 6.18 Å². The second-order valence-corrected chi connectivity index (χ2v) is 8.30. The summed E-state index contributed by atoms with van der Waals surface area (Å²) >= 11 is 0. The van der Waals surface area contributed by atoms with Crippen LogP contribution in [0.25, 0.3) is 11.0 Å². The van der Waals surface area contributed by atoms with Crippen LogP contribution in [0.4, 0.5) is 29.1 Å². The fourth-order valence-electron chi connectivity index (χ4n) is 3.98. The third-order valence-corrected chi connectivity index (χ3v) is 5.72. The van der Waals surface area contributed by atoms with Gasteiger partial charge in [0, 0.05) is 25.0 Å². The number of nitrogens with one attached hydrogen (secondary N) is 1. The Hall–Kier alpha value is -3.99. The number of nitrogens with zero attached hydrogens (tertiary/aromatic N) is 4. The zero-order valence-electron chi connectivity index (χ0n) is 18.1. The molecule has 1 amide bonds. The molecule has 0 saturated carbocycles. The summed E-state index contributed by atoms with van der Waals surface area (Å²) in [6.45, 7) is 0.888. The molecule has 1 saturated heterocycles. The van der Waals surface area contributed by atoms with E-state index in [0.717, 1.165) is 18.3 Å². The molecule has 0 bridgehead atoms. The molecular weight excluding hydrogens is 466 g/mol. The molecule has 3 aromatic heterocycles. The zero-order valence-corrected chi connectivity index (χ0v) is 18.1. The van der Waals surface area contributed by atoms with Crippen molar-refractivity contribution in [1.82, 2.24) is 14.5 Å². The Kier molecular flexibility index (Phi) is 5.64. The molecular formula is C24H19F4N5O2. The van der Waals surface area contributed by atoms with Gasteiger partial charge in [-0.1, -0.05) is 12.1 Å². The van der Waals surface area contributed by atoms with E-state index in [1.165, 1.54) is 35.0 Å². The molecule has 0 unspecified atom stereocenters. The van der Waals surface area contributed by atoms with Crippen molar-refractivity contribution >= 4 is 28.4 Å². The summed E-state index contributed by atoms with van der Waals surface area (Å²) in [6.07, 6.45) is -2.44. The second kappa shape index (κ2) is 8.66. The number of pyridine rings is 2. The Labute approximate surface area is 196 Å². The third-order valence-electron chi connectivity index (χ3n) is 5.72. The van der Waals surface area contributed by atoms with E-state index in [1.54, 1.807) is 12.1 Å². The van der Waals surface area contributed by atoms with E-state index in [9.17, 15) is 27.5 Å². The highest BCUT2D eigenvalue weighted by Gasteiger charge is 2.30. The Morgan fingerprint density at radius 2 is 1.89 bits per heavy atom. The lowest BCUT2D eigenvalue weighted by atomic mass is 10.1. The molecule has 0 aliphatic carbocycles. The predicted molar refractivity (Wildman–Crippen MR) is 121 cm³/mol. The minimum absolute atomic E-state index is 0.0801. The number of rotatable bonds is 5. The van der Waals surface area contributed by atoms with Crippen molar-refractivity contribution in [2.45, 2.75) is 18.8 Å². The minimum atomic E-state index is -4.51. The number of hydrogen-bond donors (Lipinski definition) is 2. The first-order chi connectivity index (χ1) is 16.7. The first-order valence-electron chi connectivity index (χ1n) is 10.7. The molecule has 1 aliphatic rings. The number of halogens is 4. The molecule has 1 fully saturated rings. The molecule has 4 aromatic rings. The molecule has 0 atom stereocenters. The maximum absolute atomic E-state index is 13.8. The molecule has 4 heterocycles. The van der Waals surface area contributed by atoms with Gasteiger partial charge in [0.25, 0.3) is 5.91 Å². The van der Waals surface area contributed by atoms with Gasteiger partial charge in [0.1, 0.15) is 23.0 Å². The molecule has 7 nitrogen and oxygen atoms in total. The maximum atomic E-state index is 13.8. The number of aliphatic hydroxyl groups is 1. The van der Waals surface area contributed by atoms with Gasteiger partial charge in [-0.3, -0.25) is 4.79 Å². The van der Waals surface area contributed by atoms with Crippen LogP contribution < -0.4 is 10.2 Å². The molecule has 1 aliphatic heterocycles. The SMILES string of the molecule is O=C(Nc1ccc(N2CC(O)C2)nc1)c1cc2cc(F)cnc2n1Cc1cccc(C(F)(F)F)c1. The third kappa shape index (κ3) is 4.67. The number of aliphatic hydroxyl groups excluding tert-OH is 1. The smallest absolute Gasteiger partial charge is 0.389 e. The van der Waals surface area contributed by atoms with Gasteiger partial charge in [-0.05, 0) is 42.0 Å². The monoisotopic (exact) mass is 485 g/mol. The number of alkyl halides is 3. The van der Waals surface area contributed by atoms with Crippen molar-refractivity contribution < 1.29 is 27.5 Å². The number of amides is 1. The molecule has 35 heavy (non-hydrogen) atoms. The lowest BCUT2D eigenvalue weighted by Crippen LogP contribution is -2.51. The van der Waals surface area contributed by atoms with Gasteiger partial charge in [0.15, 0.2) is 0 Å². The Bertz CT molecular complexity index is 1400. The average molecular weight is 485 g/mol. The number of carbonyl (C=O) groups excluding carboxylic acids is 1. The fraction of sp³-hybridized carbons (Fsp3) is 0.208. The topological polar surface area (TPSA) is 83.3 Å². The summed E-state index contributed by atoms with van der Waals surface area (Å²) < 4.78 is 54.7. The number of anilines is 2. The molecule has 1 aromatic carbocycles. The van der Waals surface area contributed by atoms with E-state index in [0.29, 0.717) is 35.5 Å². The molecule has 2 N–H and O–H groups in total. The number of fused-ring (bicyclic) bond motifs is 1. The maximum Gasteiger partial charge on any atom is 0.416 e. The molecule has 0 radical (unpaired) electrons. The standard InChI is InChI=1S/C24H19F4N5O2/c25-17-7-15-8-20(23(35)31-18-4-5-21(29-10-18)32-12-19(34)13-32)33(22(15)30-9-17)11-14-2-1-3-16(6-14)24(26,27)28/h1-10,19,34H,11-13H2,(H,31,35). The van der Waals surface area contributed by atoms with Crippen molar-refractivity contribution in [3.63, 3.8) is 0 Å². The summed E-state index contributed by atoms with van der Waals surface area (Å²) in [6, 6.07) is 10.8. The van der Waals surface area contributed by atoms with Crippen LogP contribution in [0.5, 0.6) is 0 Å². The zero-order chi connectivity index (χ0) is 24.7. The first-order valence-corrected chi connectivity index (χ1v) is 10.7. The summed E-state index contributed by atoms with van der Waals surface area (Å²) in [5.41, 5.74) is 0.261. The Morgan fingerprint density at radius 3 is 2.57 bits per heavy atom. The highest BCUT2D eigenvalue weighted by molar-refractivity contribution is 6.06. The van der Waals surface area contributed by atoms with Crippen molar-refractivity contribution in [2.24, 2.45) is 0 Å². The largest absolute Gasteiger partial charge is 0.416 e. The van der Waals surface area contributed by atoms with Gasteiger partial charge < -0.3 is 19.9 Å². The van der Waals surface area contributed by atoms with E-state index >= 15 is 0 Å². The van der Waals surface area contributed by atoms with Crippen molar-refractivity contribution in [2.75, 3.05) is 23.3 Å². The highest BCUT2D eigenvalue weighted by atomic mass is 19.4. The van der Waals surface area contributed by atoms with Crippen molar-refractivity contribution in [1.29, 1.82) is 0 Å². The quantitative estimate of drug-likeness (QED) is 0.417. The van der Waals surface area contributed by atoms with Crippen LogP contribution in [-0.2, 0) is 12.7 Å². The number of carbonyl (C=O) groups is 1. The second-order valence-electron chi connectivity index (χ2n) is 8.30. The average Bonchev–Trinajstić information content (AvgIpc) is 3.14. The lowest BCUT2D eigenvalue weighted by Gasteiger charge is -2.36. The number of benzene rings is 1. The fourth-order valence-corrected chi connectivity index (χ4v) is 3.98. The van der Waals surface area contributed by atoms with Crippen LogP contribution in [0.15, 0.2) is 60.9 Å². The minimum Gasteiger partial charge on any atom is -0.389 e. The van der Waals surface area contributed by atoms with E-state index in [-0.39, 0.29) is 24.0 Å². The van der Waals surface area contributed by atoms with Crippen LogP contribution in [0.2, 0.25) is 0 Å². The van der Waals surface area contributed by atoms with E-state index in [2.05, 4.69) is 15.3 Å². The Morgan fingerprint density at radius 1 is 1.09 bits per heavy atom. The van der Waals surface area contributed by atoms with Crippen molar-refractivity contribution in [3.05, 3.63) is 83.6 Å². The Balaban J connectivity index is 1.44. The van der Waals surface area contributed by atoms with Crippen LogP contribution in [-0.4, -0.2) is 44.7 Å². The van der Waals surface area contributed by atoms with Gasteiger partial charge in [0.05, 0.1) is 29.7 Å². The summed E-state index contributed by atoms with van der Waals surface area (Å²) in [7, 11) is 0. The summed E-state index contributed by atoms with van der Waals surface area (Å²) in [5, 5.41) is 12.5. The van der Waals surface area contributed by atoms with Crippen LogP contribution in [0, 0.1) is 5.82 Å². The van der Waals surface area contributed by atoms with Gasteiger partial charge in [-0.2, -0.15) is 13.2 Å². The predicted octanol–water partition coefficient (Wildman–Crippen LogP) is 4.07. The summed E-state index contributed by atoms with van der Waals surface area (Å²) in [5.74, 6) is -0.493. The molecule has 0 spiro atoms. The van der Waals surface area contributed by atoms with Gasteiger partial charge in [0.2, 0.25) is 0 Å². The summed E-state index contributed by atoms with van der Waals surface area (Å²) in [4.78, 5) is 23.4. The normalized spacial score (nSPS) is 14.3. The van der Waals surface area contributed by atoms with Gasteiger partial charge in [-0.15, -0.1) is 0 Å². The van der Waals surface area contributed by atoms with E-state index < -0.39 is 23.5 Å². The van der Waals surface area contributed by atoms with Crippen LogP contribution in [0.3, 0.4) is 0 Å². The van der Waals surface area contributed by atoms with Gasteiger partial charge in [-0.25, -0.2) is 14.4 Å². The highest BCUT2D eigenvalue weighted by Crippen LogP contribution is 2.30. The van der Waals surface area contributed by atoms with E-state index in [1.807, 2.05) is 4.90 Å². The van der Waals surface area contributed by atoms with Crippen molar-refractivity contribution in [3.8, 4) is 0 Å². The molecule has 180 valence electrons. The molecule has 11 heteroatoms. The number of aromatic nitrogens is 3. The van der Waals surface area contributed by atoms with Crippen LogP contribution >= 0.6 is 0 Å². The van der Waals surface area contributed by atoms with Crippen LogP contribution in [0.1, 0.15) is 21.6 Å². The number of β-amino-alcohol motifs (C(OH)–C–C–N with tert-alkyl or cyclic N) is 1.